The predicted molar refractivity (Wildman–Crippen MR) is 111 cm³/mol. The predicted octanol–water partition coefficient (Wildman–Crippen LogP) is 6.84. The summed E-state index contributed by atoms with van der Waals surface area (Å²) in [7, 11) is 0. The first kappa shape index (κ1) is 21.0. The molecule has 0 N–H and O–H groups in total. The SMILES string of the molecule is C=P(C)(C)C(Br)Cc1cc(-c2nc(C)n(C(F)F)c2Cl)c(C)cc1Cl. The van der Waals surface area contributed by atoms with Crippen LogP contribution in [-0.2, 0) is 6.42 Å². The number of hydrogen-bond acceptors (Lipinski definition) is 1. The zero-order chi connectivity index (χ0) is 19.1. The summed E-state index contributed by atoms with van der Waals surface area (Å²) in [5, 5.41) is 0.574. The number of alkyl halides is 3. The van der Waals surface area contributed by atoms with Crippen LogP contribution in [0, 0.1) is 13.8 Å². The van der Waals surface area contributed by atoms with Crippen molar-refractivity contribution < 1.29 is 8.78 Å². The van der Waals surface area contributed by atoms with Gasteiger partial charge in [0.25, 0.3) is 0 Å². The number of benzene rings is 1. The smallest absolute Gasteiger partial charge is 0.260 e. The zero-order valence-electron chi connectivity index (χ0n) is 14.5. The fourth-order valence-electron chi connectivity index (χ4n) is 2.47. The van der Waals surface area contributed by atoms with E-state index in [1.165, 1.54) is 6.92 Å². The quantitative estimate of drug-likeness (QED) is 0.344. The number of imidazole rings is 1. The van der Waals surface area contributed by atoms with Crippen molar-refractivity contribution in [3.05, 3.63) is 39.3 Å². The van der Waals surface area contributed by atoms with Crippen LogP contribution in [-0.4, -0.2) is 33.7 Å². The van der Waals surface area contributed by atoms with Gasteiger partial charge in [0, 0.05) is 15.2 Å². The van der Waals surface area contributed by atoms with E-state index in [0.29, 0.717) is 22.7 Å². The standard InChI is InChI=1S/C17H20BrCl2F2N2P/c1-9-6-13(19)11(8-14(18)25(3,4)5)7-12(9)15-16(20)24(17(21)22)10(2)23-15/h6-7,14,17H,3,8H2,1-2,4-5H3. The molecule has 0 aliphatic heterocycles. The molecule has 0 fully saturated rings. The van der Waals surface area contributed by atoms with E-state index < -0.39 is 13.4 Å². The van der Waals surface area contributed by atoms with E-state index in [1.807, 2.05) is 19.1 Å². The molecule has 2 rings (SSSR count). The number of rotatable bonds is 5. The van der Waals surface area contributed by atoms with Gasteiger partial charge in [0.1, 0.15) is 16.7 Å². The van der Waals surface area contributed by atoms with Crippen molar-refractivity contribution in [3.8, 4) is 11.3 Å². The van der Waals surface area contributed by atoms with Crippen molar-refractivity contribution in [2.75, 3.05) is 13.3 Å². The van der Waals surface area contributed by atoms with Crippen molar-refractivity contribution in [2.24, 2.45) is 0 Å². The molecule has 8 heteroatoms. The highest BCUT2D eigenvalue weighted by atomic mass is 79.9. The van der Waals surface area contributed by atoms with Gasteiger partial charge in [-0.05, 0) is 56.9 Å². The molecule has 2 nitrogen and oxygen atoms in total. The average Bonchev–Trinajstić information content (AvgIpc) is 2.75. The normalized spacial score (nSPS) is 13.5. The minimum absolute atomic E-state index is 0.0655. The Morgan fingerprint density at radius 2 is 1.88 bits per heavy atom. The van der Waals surface area contributed by atoms with Crippen LogP contribution in [0.25, 0.3) is 11.3 Å². The minimum atomic E-state index is -2.73. The van der Waals surface area contributed by atoms with Gasteiger partial charge >= 0.3 is 6.55 Å². The number of aromatic nitrogens is 2. The molecule has 2 aromatic rings. The van der Waals surface area contributed by atoms with Crippen LogP contribution in [0.2, 0.25) is 10.2 Å². The summed E-state index contributed by atoms with van der Waals surface area (Å²) in [6.45, 7) is 3.57. The lowest BCUT2D eigenvalue weighted by Crippen LogP contribution is -2.04. The molecule has 0 aliphatic rings. The Hall–Kier alpha value is -0.350. The Labute approximate surface area is 165 Å². The largest absolute Gasteiger partial charge is 0.321 e. The minimum Gasteiger partial charge on any atom is -0.260 e. The molecule has 1 atom stereocenters. The van der Waals surface area contributed by atoms with Crippen LogP contribution in [0.15, 0.2) is 12.1 Å². The van der Waals surface area contributed by atoms with E-state index >= 15 is 0 Å². The summed E-state index contributed by atoms with van der Waals surface area (Å²) in [4.78, 5) is 4.25. The highest BCUT2D eigenvalue weighted by Crippen LogP contribution is 2.47. The van der Waals surface area contributed by atoms with Gasteiger partial charge in [0.2, 0.25) is 0 Å². The lowest BCUT2D eigenvalue weighted by molar-refractivity contribution is 0.0683. The van der Waals surface area contributed by atoms with Crippen molar-refractivity contribution in [2.45, 2.75) is 31.4 Å². The van der Waals surface area contributed by atoms with Crippen LogP contribution in [0.3, 0.4) is 0 Å². The van der Waals surface area contributed by atoms with Crippen molar-refractivity contribution in [1.82, 2.24) is 9.55 Å². The fourth-order valence-corrected chi connectivity index (χ4v) is 4.15. The maximum Gasteiger partial charge on any atom is 0.321 e. The molecule has 0 saturated heterocycles. The number of halogens is 5. The second kappa shape index (κ2) is 7.72. The molecule has 1 aromatic carbocycles. The molecule has 25 heavy (non-hydrogen) atoms. The average molecular weight is 472 g/mol. The van der Waals surface area contributed by atoms with Gasteiger partial charge in [-0.25, -0.2) is 4.98 Å². The number of aryl methyl sites for hydroxylation is 2. The first-order chi connectivity index (χ1) is 11.4. The van der Waals surface area contributed by atoms with Gasteiger partial charge < -0.3 is 0 Å². The Balaban J connectivity index is 2.55. The highest BCUT2D eigenvalue weighted by molar-refractivity contribution is 9.10. The first-order valence-electron chi connectivity index (χ1n) is 7.57. The monoisotopic (exact) mass is 470 g/mol. The number of nitrogens with zero attached hydrogens (tertiary/aromatic N) is 2. The third kappa shape index (κ3) is 4.50. The van der Waals surface area contributed by atoms with E-state index in [2.05, 4.69) is 40.5 Å². The summed E-state index contributed by atoms with van der Waals surface area (Å²) in [6.07, 6.45) is 4.94. The van der Waals surface area contributed by atoms with Gasteiger partial charge in [-0.1, -0.05) is 39.1 Å². The molecule has 1 unspecified atom stereocenters. The molecule has 1 aromatic heterocycles. The van der Waals surface area contributed by atoms with Gasteiger partial charge in [0.15, 0.2) is 0 Å². The maximum absolute atomic E-state index is 13.2. The van der Waals surface area contributed by atoms with Gasteiger partial charge in [-0.15, -0.1) is 13.2 Å². The maximum atomic E-state index is 13.2. The van der Waals surface area contributed by atoms with Crippen LogP contribution >= 0.6 is 46.0 Å². The van der Waals surface area contributed by atoms with Gasteiger partial charge in [-0.3, -0.25) is 4.57 Å². The molecule has 0 spiro atoms. The molecular weight excluding hydrogens is 452 g/mol. The molecule has 138 valence electrons. The van der Waals surface area contributed by atoms with Crippen LogP contribution in [0.1, 0.15) is 23.5 Å². The summed E-state index contributed by atoms with van der Waals surface area (Å²) >= 11 is 16.3. The van der Waals surface area contributed by atoms with Crippen molar-refractivity contribution in [1.29, 1.82) is 0 Å². The van der Waals surface area contributed by atoms with E-state index in [9.17, 15) is 8.78 Å². The molecule has 0 saturated carbocycles. The third-order valence-electron chi connectivity index (χ3n) is 4.02. The molecule has 0 bridgehead atoms. The van der Waals surface area contributed by atoms with Crippen LogP contribution in [0.4, 0.5) is 8.78 Å². The Morgan fingerprint density at radius 3 is 2.36 bits per heavy atom. The third-order valence-corrected chi connectivity index (χ3v) is 10.1. The second-order valence-corrected chi connectivity index (χ2v) is 13.4. The van der Waals surface area contributed by atoms with E-state index in [1.54, 1.807) is 0 Å². The van der Waals surface area contributed by atoms with E-state index in [0.717, 1.165) is 15.7 Å². The fraction of sp³-hybridized carbons (Fsp3) is 0.412. The second-order valence-electron chi connectivity index (χ2n) is 6.62. The summed E-state index contributed by atoms with van der Waals surface area (Å²) < 4.78 is 27.3. The Kier molecular flexibility index (Phi) is 6.47. The summed E-state index contributed by atoms with van der Waals surface area (Å²) in [5.41, 5.74) is 2.82. The molecule has 0 aliphatic carbocycles. The van der Waals surface area contributed by atoms with Gasteiger partial charge in [0.05, 0.1) is 0 Å². The Morgan fingerprint density at radius 1 is 1.28 bits per heavy atom. The van der Waals surface area contributed by atoms with Crippen LogP contribution in [0.5, 0.6) is 0 Å². The van der Waals surface area contributed by atoms with Crippen molar-refractivity contribution >= 4 is 52.3 Å². The Bertz CT molecular complexity index is 846. The van der Waals surface area contributed by atoms with E-state index in [4.69, 9.17) is 23.2 Å². The molecule has 1 heterocycles. The van der Waals surface area contributed by atoms with E-state index in [-0.39, 0.29) is 15.5 Å². The first-order valence-corrected chi connectivity index (χ1v) is 12.2. The topological polar surface area (TPSA) is 17.8 Å². The molecule has 0 radical (unpaired) electrons. The lowest BCUT2D eigenvalue weighted by Gasteiger charge is -2.21. The summed E-state index contributed by atoms with van der Waals surface area (Å²) in [6, 6.07) is 3.72. The molecular formula is C17H20BrCl2F2N2P. The highest BCUT2D eigenvalue weighted by Gasteiger charge is 2.23. The zero-order valence-corrected chi connectivity index (χ0v) is 18.4. The van der Waals surface area contributed by atoms with Gasteiger partial charge in [-0.2, -0.15) is 8.78 Å². The van der Waals surface area contributed by atoms with Crippen LogP contribution < -0.4 is 0 Å². The lowest BCUT2D eigenvalue weighted by atomic mass is 10.0. The number of hydrogen-bond donors (Lipinski definition) is 0. The molecule has 0 amide bonds. The summed E-state index contributed by atoms with van der Waals surface area (Å²) in [5.74, 6) is 0.175. The van der Waals surface area contributed by atoms with Crippen molar-refractivity contribution in [3.63, 3.8) is 0 Å².